The molecule has 0 fully saturated rings. The van der Waals surface area contributed by atoms with Crippen molar-refractivity contribution in [3.8, 4) is 0 Å². The highest BCUT2D eigenvalue weighted by Gasteiger charge is 2.13. The smallest absolute Gasteiger partial charge is 0.271 e. The van der Waals surface area contributed by atoms with Gasteiger partial charge in [0, 0.05) is 17.6 Å². The van der Waals surface area contributed by atoms with Crippen LogP contribution in [0.1, 0.15) is 29.4 Å². The Balaban J connectivity index is 1.51. The topological polar surface area (TPSA) is 66.9 Å². The van der Waals surface area contributed by atoms with E-state index < -0.39 is 0 Å². The number of hydrogen-bond donors (Lipinski definition) is 2. The molecule has 0 aliphatic rings. The first-order valence-electron chi connectivity index (χ1n) is 8.19. The summed E-state index contributed by atoms with van der Waals surface area (Å²) in [6.45, 7) is 2.01. The van der Waals surface area contributed by atoms with Crippen molar-refractivity contribution >= 4 is 28.2 Å². The molecule has 3 aromatic rings. The van der Waals surface area contributed by atoms with Gasteiger partial charge in [0.1, 0.15) is 11.5 Å². The zero-order valence-corrected chi connectivity index (χ0v) is 14.8. The van der Waals surface area contributed by atoms with Crippen molar-refractivity contribution < 1.29 is 4.79 Å². The molecule has 6 heteroatoms. The average molecular weight is 352 g/mol. The van der Waals surface area contributed by atoms with Crippen LogP contribution in [0.15, 0.2) is 60.1 Å². The van der Waals surface area contributed by atoms with Gasteiger partial charge in [-0.25, -0.2) is 9.97 Å². The Morgan fingerprint density at radius 1 is 1.16 bits per heavy atom. The van der Waals surface area contributed by atoms with Crippen molar-refractivity contribution in [2.24, 2.45) is 0 Å². The summed E-state index contributed by atoms with van der Waals surface area (Å²) in [5, 5.41) is 8.51. The third-order valence-electron chi connectivity index (χ3n) is 3.72. The van der Waals surface area contributed by atoms with Gasteiger partial charge >= 0.3 is 0 Å². The Kier molecular flexibility index (Phi) is 5.74. The molecule has 1 aromatic carbocycles. The predicted octanol–water partition coefficient (Wildman–Crippen LogP) is 4.03. The fourth-order valence-electron chi connectivity index (χ4n) is 2.38. The first kappa shape index (κ1) is 17.1. The molecule has 0 saturated heterocycles. The lowest BCUT2D eigenvalue weighted by Crippen LogP contribution is -2.33. The lowest BCUT2D eigenvalue weighted by molar-refractivity contribution is 0.0934. The Bertz CT molecular complexity index is 805. The molecular formula is C19H20N4OS. The van der Waals surface area contributed by atoms with E-state index in [1.807, 2.05) is 43.3 Å². The molecule has 2 aromatic heterocycles. The summed E-state index contributed by atoms with van der Waals surface area (Å²) in [5.74, 6) is 0.561. The largest absolute Gasteiger partial charge is 0.348 e. The summed E-state index contributed by atoms with van der Waals surface area (Å²) in [7, 11) is 0. The number of pyridine rings is 1. The van der Waals surface area contributed by atoms with Crippen molar-refractivity contribution in [2.45, 2.75) is 25.8 Å². The normalized spacial score (nSPS) is 11.7. The zero-order chi connectivity index (χ0) is 17.5. The molecule has 1 amide bonds. The molecule has 2 heterocycles. The first-order chi connectivity index (χ1) is 12.2. The minimum absolute atomic E-state index is 0.0848. The van der Waals surface area contributed by atoms with Crippen LogP contribution in [-0.4, -0.2) is 21.9 Å². The fourth-order valence-corrected chi connectivity index (χ4v) is 3.08. The number of anilines is 2. The van der Waals surface area contributed by atoms with Gasteiger partial charge in [-0.15, -0.1) is 11.3 Å². The van der Waals surface area contributed by atoms with Gasteiger partial charge < -0.3 is 10.6 Å². The van der Waals surface area contributed by atoms with Gasteiger partial charge in [-0.3, -0.25) is 4.79 Å². The molecule has 0 bridgehead atoms. The molecule has 5 nitrogen and oxygen atoms in total. The molecule has 128 valence electrons. The van der Waals surface area contributed by atoms with E-state index in [4.69, 9.17) is 0 Å². The summed E-state index contributed by atoms with van der Waals surface area (Å²) >= 11 is 1.39. The van der Waals surface area contributed by atoms with Gasteiger partial charge in [-0.05, 0) is 37.5 Å². The number of carbonyl (C=O) groups is 1. The third kappa shape index (κ3) is 5.12. The Morgan fingerprint density at radius 2 is 1.96 bits per heavy atom. The summed E-state index contributed by atoms with van der Waals surface area (Å²) in [6.07, 6.45) is 3.53. The van der Waals surface area contributed by atoms with Gasteiger partial charge in [-0.1, -0.05) is 36.4 Å². The van der Waals surface area contributed by atoms with Crippen LogP contribution in [-0.2, 0) is 6.42 Å². The maximum absolute atomic E-state index is 12.3. The molecule has 25 heavy (non-hydrogen) atoms. The van der Waals surface area contributed by atoms with E-state index in [-0.39, 0.29) is 11.9 Å². The van der Waals surface area contributed by atoms with Crippen molar-refractivity contribution in [3.63, 3.8) is 0 Å². The zero-order valence-electron chi connectivity index (χ0n) is 14.0. The third-order valence-corrected chi connectivity index (χ3v) is 4.48. The monoisotopic (exact) mass is 352 g/mol. The van der Waals surface area contributed by atoms with Crippen molar-refractivity contribution in [1.82, 2.24) is 15.3 Å². The van der Waals surface area contributed by atoms with Gasteiger partial charge in [0.05, 0.1) is 0 Å². The SMILES string of the molecule is CC(CCc1ccccc1)NC(=O)c1csc(Nc2ccccn2)n1. The molecule has 0 aliphatic heterocycles. The number of hydrogen-bond acceptors (Lipinski definition) is 5. The van der Waals surface area contributed by atoms with E-state index in [1.165, 1.54) is 16.9 Å². The minimum atomic E-state index is -0.147. The Morgan fingerprint density at radius 3 is 2.72 bits per heavy atom. The molecule has 0 spiro atoms. The van der Waals surface area contributed by atoms with Crippen molar-refractivity contribution in [1.29, 1.82) is 0 Å². The number of nitrogens with zero attached hydrogens (tertiary/aromatic N) is 2. The summed E-state index contributed by atoms with van der Waals surface area (Å²) in [4.78, 5) is 20.8. The van der Waals surface area contributed by atoms with Crippen molar-refractivity contribution in [3.05, 3.63) is 71.4 Å². The second kappa shape index (κ2) is 8.39. The van der Waals surface area contributed by atoms with Gasteiger partial charge in [-0.2, -0.15) is 0 Å². The molecule has 1 atom stereocenters. The predicted molar refractivity (Wildman–Crippen MR) is 101 cm³/mol. The molecule has 0 aliphatic carbocycles. The van der Waals surface area contributed by atoms with Crippen LogP contribution >= 0.6 is 11.3 Å². The van der Waals surface area contributed by atoms with Crippen LogP contribution in [0.25, 0.3) is 0 Å². The quantitative estimate of drug-likeness (QED) is 0.674. The maximum Gasteiger partial charge on any atom is 0.271 e. The van der Waals surface area contributed by atoms with E-state index in [9.17, 15) is 4.79 Å². The highest BCUT2D eigenvalue weighted by molar-refractivity contribution is 7.14. The summed E-state index contributed by atoms with van der Waals surface area (Å²) < 4.78 is 0. The van der Waals surface area contributed by atoms with E-state index in [0.717, 1.165) is 12.8 Å². The maximum atomic E-state index is 12.3. The van der Waals surface area contributed by atoms with E-state index >= 15 is 0 Å². The first-order valence-corrected chi connectivity index (χ1v) is 9.07. The van der Waals surface area contributed by atoms with Crippen LogP contribution in [0.5, 0.6) is 0 Å². The summed E-state index contributed by atoms with van der Waals surface area (Å²) in [5.41, 5.74) is 1.70. The number of aryl methyl sites for hydroxylation is 1. The van der Waals surface area contributed by atoms with Crippen molar-refractivity contribution in [2.75, 3.05) is 5.32 Å². The number of aromatic nitrogens is 2. The number of amides is 1. The second-order valence-electron chi connectivity index (χ2n) is 5.78. The van der Waals surface area contributed by atoms with Crippen LogP contribution in [0.4, 0.5) is 10.9 Å². The molecule has 3 rings (SSSR count). The number of benzene rings is 1. The van der Waals surface area contributed by atoms with Crippen LogP contribution in [0, 0.1) is 0 Å². The number of thiazole rings is 1. The highest BCUT2D eigenvalue weighted by Crippen LogP contribution is 2.19. The molecule has 1 unspecified atom stereocenters. The lowest BCUT2D eigenvalue weighted by atomic mass is 10.1. The van der Waals surface area contributed by atoms with E-state index in [1.54, 1.807) is 11.6 Å². The minimum Gasteiger partial charge on any atom is -0.348 e. The molecular weight excluding hydrogens is 332 g/mol. The second-order valence-corrected chi connectivity index (χ2v) is 6.63. The molecule has 0 saturated carbocycles. The molecule has 0 radical (unpaired) electrons. The lowest BCUT2D eigenvalue weighted by Gasteiger charge is -2.12. The van der Waals surface area contributed by atoms with Gasteiger partial charge in [0.2, 0.25) is 0 Å². The van der Waals surface area contributed by atoms with E-state index in [0.29, 0.717) is 16.6 Å². The molecule has 2 N–H and O–H groups in total. The van der Waals surface area contributed by atoms with Crippen LogP contribution < -0.4 is 10.6 Å². The summed E-state index contributed by atoms with van der Waals surface area (Å²) in [6, 6.07) is 16.0. The number of rotatable bonds is 7. The van der Waals surface area contributed by atoms with Crippen LogP contribution in [0.3, 0.4) is 0 Å². The van der Waals surface area contributed by atoms with Crippen LogP contribution in [0.2, 0.25) is 0 Å². The van der Waals surface area contributed by atoms with Gasteiger partial charge in [0.25, 0.3) is 5.91 Å². The highest BCUT2D eigenvalue weighted by atomic mass is 32.1. The van der Waals surface area contributed by atoms with Gasteiger partial charge in [0.15, 0.2) is 5.13 Å². The fraction of sp³-hybridized carbons (Fsp3) is 0.211. The number of carbonyl (C=O) groups excluding carboxylic acids is 1. The number of nitrogens with one attached hydrogen (secondary N) is 2. The van der Waals surface area contributed by atoms with E-state index in [2.05, 4.69) is 32.7 Å². The average Bonchev–Trinajstić information content (AvgIpc) is 3.10. The standard InChI is InChI=1S/C19H20N4OS/c1-14(10-11-15-7-3-2-4-8-15)21-18(24)16-13-25-19(22-16)23-17-9-5-6-12-20-17/h2-9,12-14H,10-11H2,1H3,(H,21,24)(H,20,22,23). The Labute approximate surface area is 151 Å². The Hall–Kier alpha value is -2.73.